The van der Waals surface area contributed by atoms with E-state index >= 15 is 0 Å². The third kappa shape index (κ3) is 5.18. The van der Waals surface area contributed by atoms with Crippen LogP contribution in [0, 0.1) is 0 Å². The van der Waals surface area contributed by atoms with Gasteiger partial charge >= 0.3 is 0 Å². The zero-order valence-corrected chi connectivity index (χ0v) is 35.0. The van der Waals surface area contributed by atoms with Crippen molar-refractivity contribution in [1.29, 1.82) is 0 Å². The van der Waals surface area contributed by atoms with Gasteiger partial charge in [-0.05, 0) is 160 Å². The Morgan fingerprint density at radius 2 is 0.831 bits per heavy atom. The monoisotopic (exact) mass is 828 g/mol. The van der Waals surface area contributed by atoms with Gasteiger partial charge in [0.2, 0.25) is 0 Å². The smallest absolute Gasteiger partial charge is 0.136 e. The van der Waals surface area contributed by atoms with E-state index in [2.05, 4.69) is 206 Å². The van der Waals surface area contributed by atoms with Crippen LogP contribution < -0.4 is 15.2 Å². The molecule has 3 heterocycles. The van der Waals surface area contributed by atoms with E-state index in [4.69, 9.17) is 13.6 Å². The average molecular weight is 829 g/mol. The van der Waals surface area contributed by atoms with Crippen LogP contribution in [0.3, 0.4) is 0 Å². The lowest BCUT2D eigenvalue weighted by Gasteiger charge is -2.18. The minimum atomic E-state index is -0.0175. The van der Waals surface area contributed by atoms with Crippen LogP contribution in [0.4, 0.5) is 0 Å². The van der Waals surface area contributed by atoms with Crippen LogP contribution in [-0.4, -0.2) is 6.10 Å². The highest BCUT2D eigenvalue weighted by molar-refractivity contribution is 6.21. The normalized spacial score (nSPS) is 15.4. The Morgan fingerprint density at radius 1 is 0.323 bits per heavy atom. The lowest BCUT2D eigenvalue weighted by atomic mass is 9.85. The molecule has 1 aliphatic heterocycles. The number of ether oxygens (including phenoxy) is 1. The minimum Gasteiger partial charge on any atom is -0.485 e. The van der Waals surface area contributed by atoms with Crippen LogP contribution in [0.1, 0.15) is 11.5 Å². The molecule has 0 saturated carbocycles. The average Bonchev–Trinajstić information content (AvgIpc) is 4.02. The van der Waals surface area contributed by atoms with E-state index in [1.165, 1.54) is 81.3 Å². The van der Waals surface area contributed by atoms with Crippen molar-refractivity contribution in [2.75, 3.05) is 0 Å². The first kappa shape index (κ1) is 35.1. The summed E-state index contributed by atoms with van der Waals surface area (Å²) in [7, 11) is 0. The Bertz CT molecular complexity index is 4360. The molecule has 2 aliphatic rings. The van der Waals surface area contributed by atoms with Crippen LogP contribution in [-0.2, 0) is 0 Å². The first-order valence-electron chi connectivity index (χ1n) is 22.4. The fourth-order valence-corrected chi connectivity index (χ4v) is 11.2. The summed E-state index contributed by atoms with van der Waals surface area (Å²) in [5.74, 6) is 1.11. The number of hydrogen-bond donors (Lipinski definition) is 0. The molecule has 3 heteroatoms. The van der Waals surface area contributed by atoms with Gasteiger partial charge in [-0.3, -0.25) is 0 Å². The quantitative estimate of drug-likeness (QED) is 0.166. The number of benzene rings is 11. The molecule has 1 aliphatic carbocycles. The van der Waals surface area contributed by atoms with Crippen molar-refractivity contribution in [2.24, 2.45) is 0 Å². The first-order chi connectivity index (χ1) is 32.1. The van der Waals surface area contributed by atoms with Gasteiger partial charge in [0.1, 0.15) is 34.2 Å². The molecule has 0 amide bonds. The number of furan rings is 2. The predicted octanol–water partition coefficient (Wildman–Crippen LogP) is 15.2. The second kappa shape index (κ2) is 13.1. The lowest BCUT2D eigenvalue weighted by Crippen LogP contribution is -2.34. The second-order valence-electron chi connectivity index (χ2n) is 17.9. The summed E-state index contributed by atoms with van der Waals surface area (Å²) in [6.45, 7) is 0. The van der Waals surface area contributed by atoms with Gasteiger partial charge in [-0.1, -0.05) is 133 Å². The molecular weight excluding hydrogens is 793 g/mol. The van der Waals surface area contributed by atoms with Gasteiger partial charge in [-0.25, -0.2) is 0 Å². The fourth-order valence-electron chi connectivity index (χ4n) is 11.2. The maximum Gasteiger partial charge on any atom is 0.136 e. The molecule has 2 unspecified atom stereocenters. The zero-order valence-electron chi connectivity index (χ0n) is 35.0. The molecule has 11 aromatic carbocycles. The SMILES string of the molecule is C1=c2ccccc2=CC2c3cc(-c4cccc5c(-c6ccc7oc8cc9ccccc9cc8c7c6)c6cccc(-c7ccc8oc9cc%10ccccc%10cc9c8c7)c6cc45)ccc3OC12. The fraction of sp³-hybridized carbons (Fsp3) is 0.0323. The standard InChI is InChI=1S/C62H36O3/c1-4-12-38-31-59-53(25-35(38)9-1)50-28-41(19-22-56(50)63-59)44-15-7-17-46-48(44)34-49-45(42-20-23-57-51(29-42)54-26-36-10-2-5-13-39(36)32-60(54)64-57)16-8-18-47(49)62(46)43-21-24-58-52(30-43)55-27-37-11-3-6-14-40(37)33-61(55)65-58/h1-34,53,59H. The van der Waals surface area contributed by atoms with Crippen LogP contribution in [0.2, 0.25) is 0 Å². The number of rotatable bonds is 3. The van der Waals surface area contributed by atoms with Gasteiger partial charge in [0, 0.05) is 33.0 Å². The van der Waals surface area contributed by atoms with E-state index in [1.807, 2.05) is 0 Å². The van der Waals surface area contributed by atoms with Crippen molar-refractivity contribution < 1.29 is 13.6 Å². The maximum absolute atomic E-state index is 6.60. The predicted molar refractivity (Wildman–Crippen MR) is 269 cm³/mol. The highest BCUT2D eigenvalue weighted by Gasteiger charge is 2.33. The minimum absolute atomic E-state index is 0.0175. The third-order valence-corrected chi connectivity index (χ3v) is 14.3. The highest BCUT2D eigenvalue weighted by atomic mass is 16.5. The molecule has 0 spiro atoms. The molecule has 0 radical (unpaired) electrons. The largest absolute Gasteiger partial charge is 0.485 e. The molecule has 15 rings (SSSR count). The number of fused-ring (bicyclic) bond motifs is 14. The maximum atomic E-state index is 6.60. The summed E-state index contributed by atoms with van der Waals surface area (Å²) in [5.41, 5.74) is 11.9. The van der Waals surface area contributed by atoms with Gasteiger partial charge in [0.15, 0.2) is 0 Å². The molecule has 0 saturated heterocycles. The van der Waals surface area contributed by atoms with Gasteiger partial charge in [-0.2, -0.15) is 0 Å². The van der Waals surface area contributed by atoms with E-state index in [9.17, 15) is 0 Å². The molecule has 0 bridgehead atoms. The van der Waals surface area contributed by atoms with Crippen molar-refractivity contribution in [3.05, 3.63) is 210 Å². The van der Waals surface area contributed by atoms with E-state index in [1.54, 1.807) is 0 Å². The van der Waals surface area contributed by atoms with Crippen molar-refractivity contribution in [3.63, 3.8) is 0 Å². The Morgan fingerprint density at radius 3 is 1.46 bits per heavy atom. The molecule has 3 nitrogen and oxygen atoms in total. The summed E-state index contributed by atoms with van der Waals surface area (Å²) in [6, 6.07) is 70.7. The van der Waals surface area contributed by atoms with Crippen molar-refractivity contribution in [1.82, 2.24) is 0 Å². The van der Waals surface area contributed by atoms with Crippen molar-refractivity contribution in [2.45, 2.75) is 12.0 Å². The Balaban J connectivity index is 0.983. The van der Waals surface area contributed by atoms with E-state index in [0.29, 0.717) is 0 Å². The first-order valence-corrected chi connectivity index (χ1v) is 22.4. The molecular formula is C62H36O3. The summed E-state index contributed by atoms with van der Waals surface area (Å²) in [5, 5.41) is 16.5. The van der Waals surface area contributed by atoms with Gasteiger partial charge in [0.05, 0.1) is 0 Å². The molecule has 2 atom stereocenters. The van der Waals surface area contributed by atoms with E-state index in [-0.39, 0.29) is 12.0 Å². The Kier molecular flexibility index (Phi) is 7.06. The summed E-state index contributed by atoms with van der Waals surface area (Å²) in [6.07, 6.45) is 4.65. The Labute approximate surface area is 372 Å². The summed E-state index contributed by atoms with van der Waals surface area (Å²) >= 11 is 0. The van der Waals surface area contributed by atoms with Gasteiger partial charge < -0.3 is 13.6 Å². The van der Waals surface area contributed by atoms with Crippen LogP contribution in [0.5, 0.6) is 5.75 Å². The topological polar surface area (TPSA) is 35.5 Å². The number of hydrogen-bond acceptors (Lipinski definition) is 3. The van der Waals surface area contributed by atoms with E-state index < -0.39 is 0 Å². The second-order valence-corrected chi connectivity index (χ2v) is 17.9. The zero-order chi connectivity index (χ0) is 42.3. The van der Waals surface area contributed by atoms with Gasteiger partial charge in [0.25, 0.3) is 0 Å². The molecule has 2 aromatic heterocycles. The van der Waals surface area contributed by atoms with Crippen LogP contribution in [0.15, 0.2) is 203 Å². The Hall–Kier alpha value is -8.40. The molecule has 65 heavy (non-hydrogen) atoms. The third-order valence-electron chi connectivity index (χ3n) is 14.3. The lowest BCUT2D eigenvalue weighted by molar-refractivity contribution is 0.288. The molecule has 13 aromatic rings. The summed E-state index contributed by atoms with van der Waals surface area (Å²) < 4.78 is 19.6. The van der Waals surface area contributed by atoms with Gasteiger partial charge in [-0.15, -0.1) is 0 Å². The van der Waals surface area contributed by atoms with Crippen LogP contribution in [0.25, 0.3) is 132 Å². The molecule has 0 fully saturated rings. The van der Waals surface area contributed by atoms with E-state index in [0.717, 1.165) is 60.8 Å². The molecule has 0 N–H and O–H groups in total. The van der Waals surface area contributed by atoms with Crippen molar-refractivity contribution in [3.8, 4) is 39.1 Å². The molecule has 302 valence electrons. The summed E-state index contributed by atoms with van der Waals surface area (Å²) in [4.78, 5) is 0. The van der Waals surface area contributed by atoms with Crippen molar-refractivity contribution >= 4 is 99.1 Å². The van der Waals surface area contributed by atoms with Crippen LogP contribution >= 0.6 is 0 Å². The highest BCUT2D eigenvalue weighted by Crippen LogP contribution is 2.48.